The molecule has 0 aliphatic carbocycles. The van der Waals surface area contributed by atoms with Crippen LogP contribution in [0.5, 0.6) is 0 Å². The number of nitrogens with one attached hydrogen (secondary N) is 1. The van der Waals surface area contributed by atoms with Crippen molar-refractivity contribution in [2.24, 2.45) is 0 Å². The lowest BCUT2D eigenvalue weighted by molar-refractivity contribution is -0.116. The molecule has 3 aromatic rings. The summed E-state index contributed by atoms with van der Waals surface area (Å²) >= 11 is 0. The van der Waals surface area contributed by atoms with Crippen molar-refractivity contribution in [2.75, 3.05) is 5.32 Å². The summed E-state index contributed by atoms with van der Waals surface area (Å²) in [5.74, 6) is -2.05. The minimum Gasteiger partial charge on any atom is -0.339 e. The molecular weight excluding hydrogens is 412 g/mol. The van der Waals surface area contributed by atoms with Gasteiger partial charge in [0.1, 0.15) is 23.7 Å². The maximum absolute atomic E-state index is 13.8. The summed E-state index contributed by atoms with van der Waals surface area (Å²) in [6, 6.07) is 2.59. The predicted octanol–water partition coefficient (Wildman–Crippen LogP) is 1.88. The second-order valence-corrected chi connectivity index (χ2v) is 7.14. The first kappa shape index (κ1) is 20.6. The fraction of sp³-hybridized carbons (Fsp3) is 0.350. The second kappa shape index (κ2) is 8.25. The van der Waals surface area contributed by atoms with E-state index in [2.05, 4.69) is 15.5 Å². The lowest BCUT2D eigenvalue weighted by Crippen LogP contribution is -2.45. The van der Waals surface area contributed by atoms with Gasteiger partial charge in [0.05, 0.1) is 5.69 Å². The van der Waals surface area contributed by atoms with E-state index in [1.165, 1.54) is 4.57 Å². The standard InChI is InChI=1S/C20H19F2N5O4/c1-2-16-24-18(25-31-16)17-14-5-3-4-8-26(14)20(30)27(19(17)29)10-15(28)23-13-9-11(21)6-7-12(13)22/h6-7,9H,2-5,8,10H2,1H3,(H,23,28). The van der Waals surface area contributed by atoms with E-state index in [0.717, 1.165) is 35.6 Å². The molecule has 3 heterocycles. The molecule has 0 bridgehead atoms. The fourth-order valence-corrected chi connectivity index (χ4v) is 3.59. The van der Waals surface area contributed by atoms with Gasteiger partial charge in [-0.3, -0.25) is 18.7 Å². The van der Waals surface area contributed by atoms with Gasteiger partial charge < -0.3 is 9.84 Å². The topological polar surface area (TPSA) is 112 Å². The molecule has 0 fully saturated rings. The summed E-state index contributed by atoms with van der Waals surface area (Å²) in [5.41, 5.74) is -1.18. The highest BCUT2D eigenvalue weighted by Gasteiger charge is 2.26. The van der Waals surface area contributed by atoms with Gasteiger partial charge in [-0.05, 0) is 31.4 Å². The number of rotatable bonds is 5. The Morgan fingerprint density at radius 3 is 2.81 bits per heavy atom. The SMILES string of the molecule is CCc1nc(-c2c3n(c(=O)n(CC(=O)Nc4cc(F)ccc4F)c2=O)CCCC3)no1. The van der Waals surface area contributed by atoms with E-state index in [4.69, 9.17) is 4.52 Å². The van der Waals surface area contributed by atoms with Crippen LogP contribution in [-0.2, 0) is 30.7 Å². The molecule has 1 amide bonds. The van der Waals surface area contributed by atoms with E-state index in [0.29, 0.717) is 31.0 Å². The van der Waals surface area contributed by atoms with E-state index < -0.39 is 35.3 Å². The van der Waals surface area contributed by atoms with E-state index in [1.54, 1.807) is 0 Å². The third-order valence-corrected chi connectivity index (χ3v) is 5.08. The van der Waals surface area contributed by atoms with Gasteiger partial charge in [-0.2, -0.15) is 4.98 Å². The molecule has 4 rings (SSSR count). The fourth-order valence-electron chi connectivity index (χ4n) is 3.59. The largest absolute Gasteiger partial charge is 0.339 e. The molecule has 1 N–H and O–H groups in total. The summed E-state index contributed by atoms with van der Waals surface area (Å²) < 4.78 is 34.5. The van der Waals surface area contributed by atoms with Crippen LogP contribution in [0.15, 0.2) is 32.3 Å². The molecule has 0 radical (unpaired) electrons. The Labute approximate surface area is 174 Å². The molecule has 31 heavy (non-hydrogen) atoms. The third kappa shape index (κ3) is 3.90. The maximum Gasteiger partial charge on any atom is 0.331 e. The number of hydrogen-bond donors (Lipinski definition) is 1. The number of aromatic nitrogens is 4. The zero-order valence-corrected chi connectivity index (χ0v) is 16.7. The van der Waals surface area contributed by atoms with Crippen LogP contribution in [0.3, 0.4) is 0 Å². The van der Waals surface area contributed by atoms with Crippen LogP contribution in [0.4, 0.5) is 14.5 Å². The Kier molecular flexibility index (Phi) is 5.49. The van der Waals surface area contributed by atoms with E-state index in [9.17, 15) is 23.2 Å². The predicted molar refractivity (Wildman–Crippen MR) is 106 cm³/mol. The van der Waals surface area contributed by atoms with Gasteiger partial charge in [-0.1, -0.05) is 12.1 Å². The number of carbonyl (C=O) groups is 1. The average Bonchev–Trinajstić information content (AvgIpc) is 3.23. The van der Waals surface area contributed by atoms with Crippen molar-refractivity contribution >= 4 is 11.6 Å². The number of hydrogen-bond acceptors (Lipinski definition) is 6. The van der Waals surface area contributed by atoms with Gasteiger partial charge in [-0.25, -0.2) is 13.6 Å². The van der Waals surface area contributed by atoms with Crippen LogP contribution in [0, 0.1) is 11.6 Å². The van der Waals surface area contributed by atoms with Crippen molar-refractivity contribution in [3.8, 4) is 11.4 Å². The maximum atomic E-state index is 13.8. The number of nitrogens with zero attached hydrogens (tertiary/aromatic N) is 4. The molecule has 0 saturated carbocycles. The molecule has 0 spiro atoms. The molecule has 2 aromatic heterocycles. The second-order valence-electron chi connectivity index (χ2n) is 7.14. The zero-order chi connectivity index (χ0) is 22.1. The van der Waals surface area contributed by atoms with Gasteiger partial charge in [0.2, 0.25) is 17.6 Å². The quantitative estimate of drug-likeness (QED) is 0.660. The van der Waals surface area contributed by atoms with Crippen LogP contribution in [0.25, 0.3) is 11.4 Å². The van der Waals surface area contributed by atoms with E-state index in [-0.39, 0.29) is 17.1 Å². The number of amides is 1. The molecule has 0 atom stereocenters. The number of anilines is 1. The van der Waals surface area contributed by atoms with E-state index in [1.807, 2.05) is 6.92 Å². The number of carbonyl (C=O) groups excluding carboxylic acids is 1. The number of fused-ring (bicyclic) bond motifs is 1. The first-order valence-corrected chi connectivity index (χ1v) is 9.83. The molecule has 162 valence electrons. The molecule has 1 aromatic carbocycles. The van der Waals surface area contributed by atoms with Crippen LogP contribution in [-0.4, -0.2) is 25.2 Å². The molecule has 0 saturated heterocycles. The average molecular weight is 431 g/mol. The normalized spacial score (nSPS) is 13.1. The Morgan fingerprint density at radius 2 is 2.06 bits per heavy atom. The Balaban J connectivity index is 1.76. The Morgan fingerprint density at radius 1 is 1.26 bits per heavy atom. The van der Waals surface area contributed by atoms with E-state index >= 15 is 0 Å². The highest BCUT2D eigenvalue weighted by Crippen LogP contribution is 2.22. The van der Waals surface area contributed by atoms with Crippen molar-refractivity contribution in [1.29, 1.82) is 0 Å². The summed E-state index contributed by atoms with van der Waals surface area (Å²) in [6.45, 7) is 1.51. The van der Waals surface area contributed by atoms with Gasteiger partial charge in [0.25, 0.3) is 5.56 Å². The summed E-state index contributed by atoms with van der Waals surface area (Å²) in [5, 5.41) is 6.05. The Bertz CT molecular complexity index is 1280. The molecule has 0 unspecified atom stereocenters. The van der Waals surface area contributed by atoms with Crippen molar-refractivity contribution < 1.29 is 18.1 Å². The van der Waals surface area contributed by atoms with Crippen molar-refractivity contribution in [3.63, 3.8) is 0 Å². The lowest BCUT2D eigenvalue weighted by atomic mass is 10.0. The molecular formula is C20H19F2N5O4. The first-order valence-electron chi connectivity index (χ1n) is 9.83. The summed E-state index contributed by atoms with van der Waals surface area (Å²) in [7, 11) is 0. The van der Waals surface area contributed by atoms with Crippen LogP contribution >= 0.6 is 0 Å². The molecule has 9 nitrogen and oxygen atoms in total. The van der Waals surface area contributed by atoms with Gasteiger partial charge in [0.15, 0.2) is 0 Å². The summed E-state index contributed by atoms with van der Waals surface area (Å²) in [6.07, 6.45) is 2.47. The van der Waals surface area contributed by atoms with Gasteiger partial charge in [-0.15, -0.1) is 0 Å². The van der Waals surface area contributed by atoms with Crippen molar-refractivity contribution in [2.45, 2.75) is 45.7 Å². The first-order chi connectivity index (χ1) is 14.9. The third-order valence-electron chi connectivity index (χ3n) is 5.08. The van der Waals surface area contributed by atoms with Crippen LogP contribution in [0.1, 0.15) is 31.4 Å². The monoisotopic (exact) mass is 431 g/mol. The Hall–Kier alpha value is -3.63. The highest BCUT2D eigenvalue weighted by atomic mass is 19.1. The molecule has 11 heteroatoms. The zero-order valence-electron chi connectivity index (χ0n) is 16.7. The highest BCUT2D eigenvalue weighted by molar-refractivity contribution is 5.90. The smallest absolute Gasteiger partial charge is 0.331 e. The van der Waals surface area contributed by atoms with Gasteiger partial charge in [0, 0.05) is 24.7 Å². The number of benzene rings is 1. The number of halogens is 2. The van der Waals surface area contributed by atoms with Gasteiger partial charge >= 0.3 is 5.69 Å². The minimum absolute atomic E-state index is 0.0535. The van der Waals surface area contributed by atoms with Crippen LogP contribution < -0.4 is 16.6 Å². The number of aryl methyl sites for hydroxylation is 1. The summed E-state index contributed by atoms with van der Waals surface area (Å²) in [4.78, 5) is 42.8. The minimum atomic E-state index is -0.853. The van der Waals surface area contributed by atoms with Crippen molar-refractivity contribution in [3.05, 3.63) is 62.3 Å². The van der Waals surface area contributed by atoms with Crippen molar-refractivity contribution in [1.82, 2.24) is 19.3 Å². The molecule has 1 aliphatic heterocycles. The van der Waals surface area contributed by atoms with Crippen LogP contribution in [0.2, 0.25) is 0 Å². The lowest BCUT2D eigenvalue weighted by Gasteiger charge is -2.21. The molecule has 1 aliphatic rings.